The topological polar surface area (TPSA) is 110 Å². The first-order chi connectivity index (χ1) is 8.63. The molecule has 1 aromatic rings. The molecule has 0 heterocycles. The van der Waals surface area contributed by atoms with E-state index in [0.29, 0.717) is 18.7 Å². The normalized spacial score (nSPS) is 11.3. The Balaban J connectivity index is 0.000000360. The molecule has 0 aromatic heterocycles. The molecule has 18 heavy (non-hydrogen) atoms. The van der Waals surface area contributed by atoms with Crippen molar-refractivity contribution in [2.45, 2.75) is 6.10 Å². The second-order valence-corrected chi connectivity index (χ2v) is 3.35. The number of aliphatic carboxylic acids is 1. The number of benzene rings is 1. The average Bonchev–Trinajstić information content (AvgIpc) is 2.40. The number of hydrogen-bond donors (Lipinski definition) is 5. The molecule has 1 aromatic carbocycles. The molecule has 0 fully saturated rings. The van der Waals surface area contributed by atoms with E-state index in [0.717, 1.165) is 0 Å². The maximum Gasteiger partial charge on any atom is 0.337 e. The minimum atomic E-state index is -1.41. The zero-order valence-corrected chi connectivity index (χ0v) is 9.99. The average molecular weight is 257 g/mol. The Morgan fingerprint density at radius 3 is 2.00 bits per heavy atom. The summed E-state index contributed by atoms with van der Waals surface area (Å²) < 4.78 is 0. The summed E-state index contributed by atoms with van der Waals surface area (Å²) in [6.07, 6.45) is -1.41. The Bertz CT molecular complexity index is 314. The van der Waals surface area contributed by atoms with Crippen molar-refractivity contribution in [1.82, 2.24) is 5.32 Å². The van der Waals surface area contributed by atoms with Crippen molar-refractivity contribution in [1.29, 1.82) is 0 Å². The van der Waals surface area contributed by atoms with Gasteiger partial charge in [-0.3, -0.25) is 0 Å². The van der Waals surface area contributed by atoms with Crippen LogP contribution >= 0.6 is 0 Å². The standard InChI is InChI=1S/C8H8O3.C4H11NO2/c9-7(8(10)11)6-4-2-1-3-5-6;6-3-1-5-2-4-7/h1-5,7,9H,(H,10,11);5-7H,1-4H2. The predicted octanol–water partition coefficient (Wildman–Crippen LogP) is -0.635. The fourth-order valence-electron chi connectivity index (χ4n) is 1.06. The number of nitrogens with one attached hydrogen (secondary N) is 1. The molecule has 0 spiro atoms. The van der Waals surface area contributed by atoms with E-state index in [9.17, 15) is 4.79 Å². The third-order valence-electron chi connectivity index (χ3n) is 1.93. The number of carbonyl (C=O) groups is 1. The van der Waals surface area contributed by atoms with Gasteiger partial charge in [0.1, 0.15) is 0 Å². The van der Waals surface area contributed by atoms with Crippen LogP contribution in [0.15, 0.2) is 30.3 Å². The minimum absolute atomic E-state index is 0.139. The highest BCUT2D eigenvalue weighted by molar-refractivity contribution is 5.73. The number of carboxylic acid groups (broad SMARTS) is 1. The number of aliphatic hydroxyl groups is 3. The van der Waals surface area contributed by atoms with Crippen molar-refractivity contribution in [3.8, 4) is 0 Å². The molecule has 0 aliphatic rings. The zero-order chi connectivity index (χ0) is 13.8. The van der Waals surface area contributed by atoms with Gasteiger partial charge >= 0.3 is 5.97 Å². The van der Waals surface area contributed by atoms with Crippen LogP contribution in [0.1, 0.15) is 11.7 Å². The van der Waals surface area contributed by atoms with Crippen molar-refractivity contribution in [3.05, 3.63) is 35.9 Å². The highest BCUT2D eigenvalue weighted by Gasteiger charge is 2.14. The van der Waals surface area contributed by atoms with E-state index in [2.05, 4.69) is 5.32 Å². The largest absolute Gasteiger partial charge is 0.479 e. The first-order valence-electron chi connectivity index (χ1n) is 5.51. The monoisotopic (exact) mass is 257 g/mol. The summed E-state index contributed by atoms with van der Waals surface area (Å²) in [5.74, 6) is -1.23. The third-order valence-corrected chi connectivity index (χ3v) is 1.93. The smallest absolute Gasteiger partial charge is 0.337 e. The molecule has 1 unspecified atom stereocenters. The molecule has 5 N–H and O–H groups in total. The van der Waals surface area contributed by atoms with Crippen molar-refractivity contribution in [2.75, 3.05) is 26.3 Å². The highest BCUT2D eigenvalue weighted by atomic mass is 16.4. The number of aliphatic hydroxyl groups excluding tert-OH is 3. The van der Waals surface area contributed by atoms with Crippen LogP contribution in [0.5, 0.6) is 0 Å². The van der Waals surface area contributed by atoms with Gasteiger partial charge in [-0.05, 0) is 5.56 Å². The fraction of sp³-hybridized carbons (Fsp3) is 0.417. The van der Waals surface area contributed by atoms with E-state index in [1.807, 2.05) is 0 Å². The minimum Gasteiger partial charge on any atom is -0.479 e. The third kappa shape index (κ3) is 7.75. The van der Waals surface area contributed by atoms with E-state index in [1.165, 1.54) is 0 Å². The lowest BCUT2D eigenvalue weighted by atomic mass is 10.1. The van der Waals surface area contributed by atoms with Gasteiger partial charge < -0.3 is 25.7 Å². The molecule has 102 valence electrons. The zero-order valence-electron chi connectivity index (χ0n) is 9.99. The Labute approximate surface area is 106 Å². The van der Waals surface area contributed by atoms with Crippen LogP contribution in [0.3, 0.4) is 0 Å². The number of rotatable bonds is 6. The molecule has 0 bridgehead atoms. The first kappa shape index (κ1) is 16.5. The summed E-state index contributed by atoms with van der Waals surface area (Å²) >= 11 is 0. The molecule has 0 aliphatic heterocycles. The van der Waals surface area contributed by atoms with Crippen LogP contribution < -0.4 is 5.32 Å². The quantitative estimate of drug-likeness (QED) is 0.434. The van der Waals surface area contributed by atoms with Crippen LogP contribution in [-0.4, -0.2) is 52.7 Å². The van der Waals surface area contributed by atoms with E-state index in [4.69, 9.17) is 20.4 Å². The summed E-state index contributed by atoms with van der Waals surface area (Å²) in [5.41, 5.74) is 0.403. The molecule has 1 atom stereocenters. The van der Waals surface area contributed by atoms with Gasteiger partial charge in [0.25, 0.3) is 0 Å². The highest BCUT2D eigenvalue weighted by Crippen LogP contribution is 2.10. The van der Waals surface area contributed by atoms with Gasteiger partial charge in [-0.1, -0.05) is 30.3 Å². The van der Waals surface area contributed by atoms with Gasteiger partial charge in [0, 0.05) is 13.1 Å². The number of carboxylic acids is 1. The summed E-state index contributed by atoms with van der Waals surface area (Å²) in [6.45, 7) is 1.42. The van der Waals surface area contributed by atoms with E-state index >= 15 is 0 Å². The van der Waals surface area contributed by atoms with Crippen LogP contribution in [-0.2, 0) is 4.79 Å². The van der Waals surface area contributed by atoms with Crippen LogP contribution in [0.25, 0.3) is 0 Å². The van der Waals surface area contributed by atoms with E-state index < -0.39 is 12.1 Å². The van der Waals surface area contributed by atoms with Gasteiger partial charge in [-0.25, -0.2) is 4.79 Å². The van der Waals surface area contributed by atoms with E-state index in [1.54, 1.807) is 30.3 Å². The van der Waals surface area contributed by atoms with Crippen LogP contribution in [0, 0.1) is 0 Å². The lowest BCUT2D eigenvalue weighted by Crippen LogP contribution is -2.21. The Hall–Kier alpha value is -1.47. The molecule has 0 radical (unpaired) electrons. The second kappa shape index (κ2) is 10.7. The second-order valence-electron chi connectivity index (χ2n) is 3.35. The summed E-state index contributed by atoms with van der Waals surface area (Å²) in [7, 11) is 0. The van der Waals surface area contributed by atoms with Crippen molar-refractivity contribution in [3.63, 3.8) is 0 Å². The molecule has 0 aliphatic carbocycles. The van der Waals surface area contributed by atoms with Crippen molar-refractivity contribution >= 4 is 5.97 Å². The van der Waals surface area contributed by atoms with Gasteiger partial charge in [-0.15, -0.1) is 0 Å². The predicted molar refractivity (Wildman–Crippen MR) is 66.1 cm³/mol. The summed E-state index contributed by atoms with van der Waals surface area (Å²) in [4.78, 5) is 10.2. The molecule has 6 nitrogen and oxygen atoms in total. The maximum absolute atomic E-state index is 10.2. The van der Waals surface area contributed by atoms with E-state index in [-0.39, 0.29) is 13.2 Å². The Morgan fingerprint density at radius 1 is 1.11 bits per heavy atom. The first-order valence-corrected chi connectivity index (χ1v) is 5.51. The molecule has 0 amide bonds. The summed E-state index contributed by atoms with van der Waals surface area (Å²) in [6, 6.07) is 8.26. The lowest BCUT2D eigenvalue weighted by molar-refractivity contribution is -0.146. The molecule has 6 heteroatoms. The Morgan fingerprint density at radius 2 is 1.61 bits per heavy atom. The lowest BCUT2D eigenvalue weighted by Gasteiger charge is -2.03. The molecule has 1 rings (SSSR count). The van der Waals surface area contributed by atoms with Crippen LogP contribution in [0.2, 0.25) is 0 Å². The molecular weight excluding hydrogens is 238 g/mol. The number of hydrogen-bond acceptors (Lipinski definition) is 5. The molecular formula is C12H19NO5. The fourth-order valence-corrected chi connectivity index (χ4v) is 1.06. The molecule has 0 saturated heterocycles. The van der Waals surface area contributed by atoms with Gasteiger partial charge in [0.05, 0.1) is 13.2 Å². The molecule has 0 saturated carbocycles. The maximum atomic E-state index is 10.2. The van der Waals surface area contributed by atoms with Gasteiger partial charge in [-0.2, -0.15) is 0 Å². The van der Waals surface area contributed by atoms with Crippen molar-refractivity contribution in [2.24, 2.45) is 0 Å². The summed E-state index contributed by atoms with van der Waals surface area (Å²) in [5, 5.41) is 36.5. The van der Waals surface area contributed by atoms with Crippen molar-refractivity contribution < 1.29 is 25.2 Å². The van der Waals surface area contributed by atoms with Crippen LogP contribution in [0.4, 0.5) is 0 Å². The van der Waals surface area contributed by atoms with Gasteiger partial charge in [0.15, 0.2) is 6.10 Å². The SMILES string of the molecule is O=C(O)C(O)c1ccccc1.OCCNCCO. The van der Waals surface area contributed by atoms with Gasteiger partial charge in [0.2, 0.25) is 0 Å². The Kier molecular flexibility index (Phi) is 9.80.